The number of anilines is 1. The Morgan fingerprint density at radius 2 is 1.82 bits per heavy atom. The highest BCUT2D eigenvalue weighted by molar-refractivity contribution is 5.88. The molecule has 1 aliphatic carbocycles. The van der Waals surface area contributed by atoms with E-state index in [2.05, 4.69) is 46.4 Å². The van der Waals surface area contributed by atoms with Gasteiger partial charge in [-0.25, -0.2) is 14.8 Å². The second-order valence-electron chi connectivity index (χ2n) is 8.76. The Morgan fingerprint density at radius 3 is 2.68 bits per heavy atom. The fraction of sp³-hybridized carbons (Fsp3) is 0.250. The third-order valence-corrected chi connectivity index (χ3v) is 6.41. The Bertz CT molecular complexity index is 1350. The largest absolute Gasteiger partial charge is 0.487 e. The van der Waals surface area contributed by atoms with Gasteiger partial charge < -0.3 is 14.7 Å². The lowest BCUT2D eigenvalue weighted by molar-refractivity contribution is 0.0692. The highest BCUT2D eigenvalue weighted by Gasteiger charge is 2.17. The van der Waals surface area contributed by atoms with Gasteiger partial charge in [-0.3, -0.25) is 0 Å². The minimum absolute atomic E-state index is 0.0558. The minimum Gasteiger partial charge on any atom is -0.487 e. The number of nitrogens with zero attached hydrogens (tertiary/aromatic N) is 3. The summed E-state index contributed by atoms with van der Waals surface area (Å²) in [5.41, 5.74) is 4.27. The van der Waals surface area contributed by atoms with Crippen molar-refractivity contribution in [1.29, 1.82) is 0 Å². The van der Waals surface area contributed by atoms with Crippen molar-refractivity contribution in [1.82, 2.24) is 9.97 Å². The number of rotatable bonds is 7. The van der Waals surface area contributed by atoms with E-state index in [0.717, 1.165) is 24.2 Å². The van der Waals surface area contributed by atoms with Crippen LogP contribution in [0.25, 0.3) is 10.8 Å². The van der Waals surface area contributed by atoms with E-state index in [4.69, 9.17) is 4.74 Å². The molecule has 0 radical (unpaired) electrons. The number of hydrogen-bond acceptors (Lipinski definition) is 5. The summed E-state index contributed by atoms with van der Waals surface area (Å²) in [5.74, 6) is 0.135. The van der Waals surface area contributed by atoms with Gasteiger partial charge in [-0.05, 0) is 65.3 Å². The third-order valence-electron chi connectivity index (χ3n) is 6.41. The molecule has 1 heterocycles. The molecule has 0 amide bonds. The van der Waals surface area contributed by atoms with Gasteiger partial charge in [0.1, 0.15) is 17.9 Å². The molecule has 5 rings (SSSR count). The highest BCUT2D eigenvalue weighted by atomic mass is 16.5. The molecule has 1 aliphatic rings. The number of carboxylic acid groups (broad SMARTS) is 1. The normalized spacial score (nSPS) is 12.9. The summed E-state index contributed by atoms with van der Waals surface area (Å²) >= 11 is 0. The number of aromatic nitrogens is 2. The topological polar surface area (TPSA) is 75.6 Å². The van der Waals surface area contributed by atoms with Gasteiger partial charge in [-0.1, -0.05) is 48.5 Å². The van der Waals surface area contributed by atoms with E-state index in [0.29, 0.717) is 18.2 Å². The number of aromatic carboxylic acids is 1. The predicted octanol–water partition coefficient (Wildman–Crippen LogP) is 5.42. The zero-order valence-electron chi connectivity index (χ0n) is 19.2. The molecule has 4 aromatic rings. The standard InChI is InChI=1S/C28H27N3O3/c1-31(17-22-11-6-10-20-8-4-5-12-24(20)22)28-29-16-25(27(32)33)26(30-28)18-34-23-14-13-19-7-2-3-9-21(19)15-23/h4-6,8,10-16H,2-3,7,9,17-18H2,1H3,(H,32,33). The van der Waals surface area contributed by atoms with E-state index in [1.165, 1.54) is 40.9 Å². The van der Waals surface area contributed by atoms with Crippen LogP contribution in [0.3, 0.4) is 0 Å². The van der Waals surface area contributed by atoms with Crippen molar-refractivity contribution in [2.75, 3.05) is 11.9 Å². The zero-order valence-corrected chi connectivity index (χ0v) is 19.2. The van der Waals surface area contributed by atoms with Crippen molar-refractivity contribution in [3.63, 3.8) is 0 Å². The molecule has 0 bridgehead atoms. The van der Waals surface area contributed by atoms with Gasteiger partial charge in [-0.15, -0.1) is 0 Å². The Morgan fingerprint density at radius 1 is 1.03 bits per heavy atom. The first-order chi connectivity index (χ1) is 16.6. The van der Waals surface area contributed by atoms with Gasteiger partial charge in [0.15, 0.2) is 0 Å². The Labute approximate surface area is 198 Å². The highest BCUT2D eigenvalue weighted by Crippen LogP contribution is 2.26. The number of benzene rings is 3. The van der Waals surface area contributed by atoms with E-state index >= 15 is 0 Å². The Balaban J connectivity index is 1.37. The first-order valence-electron chi connectivity index (χ1n) is 11.6. The molecule has 6 heteroatoms. The summed E-state index contributed by atoms with van der Waals surface area (Å²) in [4.78, 5) is 22.6. The number of aryl methyl sites for hydroxylation is 2. The van der Waals surface area contributed by atoms with Crippen molar-refractivity contribution in [2.24, 2.45) is 0 Å². The van der Waals surface area contributed by atoms with Crippen molar-refractivity contribution >= 4 is 22.7 Å². The van der Waals surface area contributed by atoms with Gasteiger partial charge in [-0.2, -0.15) is 0 Å². The monoisotopic (exact) mass is 453 g/mol. The van der Waals surface area contributed by atoms with Crippen LogP contribution >= 0.6 is 0 Å². The third kappa shape index (κ3) is 4.57. The Hall–Kier alpha value is -3.93. The molecule has 0 saturated heterocycles. The second kappa shape index (κ2) is 9.51. The number of fused-ring (bicyclic) bond motifs is 2. The molecule has 6 nitrogen and oxygen atoms in total. The molecule has 0 fully saturated rings. The number of carbonyl (C=O) groups is 1. The van der Waals surface area contributed by atoms with Crippen molar-refractivity contribution in [3.8, 4) is 5.75 Å². The molecule has 34 heavy (non-hydrogen) atoms. The quantitative estimate of drug-likeness (QED) is 0.403. The molecule has 1 N–H and O–H groups in total. The van der Waals surface area contributed by atoms with Crippen molar-refractivity contribution in [3.05, 3.63) is 94.8 Å². The van der Waals surface area contributed by atoms with Gasteiger partial charge in [0.2, 0.25) is 5.95 Å². The Kier molecular flexibility index (Phi) is 6.12. The smallest absolute Gasteiger partial charge is 0.339 e. The van der Waals surface area contributed by atoms with E-state index in [1.807, 2.05) is 36.2 Å². The average molecular weight is 454 g/mol. The summed E-state index contributed by atoms with van der Waals surface area (Å²) in [5, 5.41) is 12.0. The van der Waals surface area contributed by atoms with Crippen LogP contribution in [0.2, 0.25) is 0 Å². The van der Waals surface area contributed by atoms with Crippen LogP contribution in [-0.2, 0) is 26.0 Å². The fourth-order valence-electron chi connectivity index (χ4n) is 4.59. The fourth-order valence-corrected chi connectivity index (χ4v) is 4.59. The second-order valence-corrected chi connectivity index (χ2v) is 8.76. The molecule has 3 aromatic carbocycles. The van der Waals surface area contributed by atoms with Crippen LogP contribution in [0.15, 0.2) is 66.9 Å². The molecule has 172 valence electrons. The average Bonchev–Trinajstić information content (AvgIpc) is 2.87. The molecule has 0 aliphatic heterocycles. The van der Waals surface area contributed by atoms with E-state index in [-0.39, 0.29) is 12.2 Å². The van der Waals surface area contributed by atoms with Crippen LogP contribution in [-0.4, -0.2) is 28.1 Å². The summed E-state index contributed by atoms with van der Waals surface area (Å²) in [7, 11) is 1.91. The van der Waals surface area contributed by atoms with Crippen LogP contribution < -0.4 is 9.64 Å². The van der Waals surface area contributed by atoms with Gasteiger partial charge in [0, 0.05) is 19.8 Å². The maximum Gasteiger partial charge on any atom is 0.339 e. The summed E-state index contributed by atoms with van der Waals surface area (Å²) < 4.78 is 5.99. The lowest BCUT2D eigenvalue weighted by Crippen LogP contribution is -2.21. The van der Waals surface area contributed by atoms with Gasteiger partial charge in [0.25, 0.3) is 0 Å². The van der Waals surface area contributed by atoms with Crippen molar-refractivity contribution in [2.45, 2.75) is 38.8 Å². The number of carboxylic acids is 1. The first-order valence-corrected chi connectivity index (χ1v) is 11.6. The summed E-state index contributed by atoms with van der Waals surface area (Å²) in [6.45, 7) is 0.664. The maximum absolute atomic E-state index is 11.8. The van der Waals surface area contributed by atoms with E-state index in [1.54, 1.807) is 0 Å². The molecular weight excluding hydrogens is 426 g/mol. The maximum atomic E-state index is 11.8. The number of hydrogen-bond donors (Lipinski definition) is 1. The van der Waals surface area contributed by atoms with Gasteiger partial charge >= 0.3 is 5.97 Å². The van der Waals surface area contributed by atoms with Crippen LogP contribution in [0.1, 0.15) is 45.6 Å². The predicted molar refractivity (Wildman–Crippen MR) is 132 cm³/mol. The lowest BCUT2D eigenvalue weighted by atomic mass is 9.92. The summed E-state index contributed by atoms with van der Waals surface area (Å²) in [6.07, 6.45) is 5.96. The molecule has 0 unspecified atom stereocenters. The first kappa shape index (κ1) is 21.9. The van der Waals surface area contributed by atoms with Crippen LogP contribution in [0.5, 0.6) is 5.75 Å². The molecule has 0 saturated carbocycles. The van der Waals surface area contributed by atoms with Crippen LogP contribution in [0.4, 0.5) is 5.95 Å². The van der Waals surface area contributed by atoms with Crippen molar-refractivity contribution < 1.29 is 14.6 Å². The lowest BCUT2D eigenvalue weighted by Gasteiger charge is -2.20. The number of ether oxygens (including phenoxy) is 1. The van der Waals surface area contributed by atoms with Crippen LogP contribution in [0, 0.1) is 0 Å². The minimum atomic E-state index is -1.06. The molecule has 0 atom stereocenters. The summed E-state index contributed by atoms with van der Waals surface area (Å²) in [6, 6.07) is 20.6. The zero-order chi connectivity index (χ0) is 23.5. The molecular formula is C28H27N3O3. The van der Waals surface area contributed by atoms with Gasteiger partial charge in [0.05, 0.1) is 5.69 Å². The van der Waals surface area contributed by atoms with E-state index < -0.39 is 5.97 Å². The molecule has 1 aromatic heterocycles. The van der Waals surface area contributed by atoms with E-state index in [9.17, 15) is 9.90 Å². The molecule has 0 spiro atoms. The SMILES string of the molecule is CN(Cc1cccc2ccccc12)c1ncc(C(=O)O)c(COc2ccc3c(c2)CCCC3)n1.